The number of ether oxygens (including phenoxy) is 2. The van der Waals surface area contributed by atoms with Crippen molar-refractivity contribution in [3.63, 3.8) is 0 Å². The first-order valence-electron chi connectivity index (χ1n) is 12.3. The van der Waals surface area contributed by atoms with Crippen LogP contribution in [0.3, 0.4) is 0 Å². The number of hydrogen-bond acceptors (Lipinski definition) is 8. The summed E-state index contributed by atoms with van der Waals surface area (Å²) in [7, 11) is -2.21. The van der Waals surface area contributed by atoms with E-state index in [0.29, 0.717) is 17.7 Å². The van der Waals surface area contributed by atoms with Crippen LogP contribution in [0.1, 0.15) is 55.7 Å². The van der Waals surface area contributed by atoms with Gasteiger partial charge in [0.15, 0.2) is 5.75 Å². The van der Waals surface area contributed by atoms with Crippen LogP contribution < -0.4 is 4.74 Å². The molecule has 1 N–H and O–H groups in total. The quantitative estimate of drug-likeness (QED) is 0.431. The topological polar surface area (TPSA) is 137 Å². The lowest BCUT2D eigenvalue weighted by atomic mass is 9.81. The molecule has 1 unspecified atom stereocenters. The lowest BCUT2D eigenvalue weighted by Gasteiger charge is -2.31. The number of aliphatic carboxylic acids is 1. The summed E-state index contributed by atoms with van der Waals surface area (Å²) in [5.41, 5.74) is 1.50. The summed E-state index contributed by atoms with van der Waals surface area (Å²) in [5.74, 6) is -0.780. The van der Waals surface area contributed by atoms with E-state index in [2.05, 4.69) is 15.3 Å². The molecule has 38 heavy (non-hydrogen) atoms. The fraction of sp³-hybridized carbons (Fsp3) is 0.462. The molecule has 3 heterocycles. The number of rotatable bonds is 9. The van der Waals surface area contributed by atoms with Gasteiger partial charge in [-0.05, 0) is 56.0 Å². The van der Waals surface area contributed by atoms with Crippen LogP contribution in [0.15, 0.2) is 47.8 Å². The number of sulfonamides is 1. The highest BCUT2D eigenvalue weighted by atomic mass is 32.2. The third kappa shape index (κ3) is 5.57. The molecule has 0 amide bonds. The number of benzene rings is 1. The van der Waals surface area contributed by atoms with E-state index in [1.54, 1.807) is 43.9 Å². The van der Waals surface area contributed by atoms with E-state index in [1.165, 1.54) is 10.5 Å². The van der Waals surface area contributed by atoms with Crippen molar-refractivity contribution in [2.45, 2.75) is 64.5 Å². The van der Waals surface area contributed by atoms with Crippen molar-refractivity contribution in [2.75, 3.05) is 6.54 Å². The van der Waals surface area contributed by atoms with E-state index in [-0.39, 0.29) is 36.6 Å². The number of aromatic nitrogens is 4. The Morgan fingerprint density at radius 2 is 2.08 bits per heavy atom. The Labute approximate surface area is 222 Å². The number of aryl methyl sites for hydroxylation is 2. The Kier molecular flexibility index (Phi) is 7.86. The zero-order chi connectivity index (χ0) is 27.7. The van der Waals surface area contributed by atoms with Crippen molar-refractivity contribution in [3.05, 3.63) is 65.1 Å². The third-order valence-corrected chi connectivity index (χ3v) is 8.51. The summed E-state index contributed by atoms with van der Waals surface area (Å²) in [5, 5.41) is 17.8. The zero-order valence-electron chi connectivity index (χ0n) is 22.2. The molecule has 0 saturated carbocycles. The summed E-state index contributed by atoms with van der Waals surface area (Å²) in [6, 6.07) is 8.76. The maximum atomic E-state index is 13.6. The Hall–Kier alpha value is -3.35. The average Bonchev–Trinajstić information content (AvgIpc) is 3.25. The molecule has 12 heteroatoms. The van der Waals surface area contributed by atoms with Crippen LogP contribution in [-0.2, 0) is 39.8 Å². The van der Waals surface area contributed by atoms with Gasteiger partial charge in [0.25, 0.3) is 10.0 Å². The number of hydrogen-bond donors (Lipinski definition) is 1. The molecule has 204 valence electrons. The predicted molar refractivity (Wildman–Crippen MR) is 138 cm³/mol. The SMILES string of the molecule is CC[C@@H]1CN(Cc2cc(C(OCc3cn(C)nn3)C(C)(C)C(=O)O)ccc2C)S(=O)(=O)c2ncccc2O1. The number of carbonyl (C=O) groups is 1. The van der Waals surface area contributed by atoms with E-state index in [1.807, 2.05) is 32.0 Å². The van der Waals surface area contributed by atoms with Crippen LogP contribution in [0.4, 0.5) is 0 Å². The van der Waals surface area contributed by atoms with E-state index in [4.69, 9.17) is 9.47 Å². The minimum atomic E-state index is -3.94. The fourth-order valence-corrected chi connectivity index (χ4v) is 5.84. The standard InChI is InChI=1S/C26H33N5O6S/c1-6-21-15-31(38(34,35)24-22(37-21)8-7-11-27-24)13-19-12-18(10-9-17(19)2)23(26(3,4)25(32)33)36-16-20-14-30(5)29-28-20/h7-12,14,21,23H,6,13,15-16H2,1-5H3,(H,32,33)/t21-,23?/m1/s1. The second-order valence-electron chi connectivity index (χ2n) is 10.0. The summed E-state index contributed by atoms with van der Waals surface area (Å²) in [6.45, 7) is 7.32. The molecule has 0 radical (unpaired) electrons. The van der Waals surface area contributed by atoms with Crippen LogP contribution >= 0.6 is 0 Å². The minimum Gasteiger partial charge on any atom is -0.486 e. The van der Waals surface area contributed by atoms with Gasteiger partial charge in [0.05, 0.1) is 30.9 Å². The molecule has 2 aromatic heterocycles. The van der Waals surface area contributed by atoms with Crippen LogP contribution in [0.25, 0.3) is 0 Å². The molecule has 0 aliphatic carbocycles. The minimum absolute atomic E-state index is 0.0664. The highest BCUT2D eigenvalue weighted by Gasteiger charge is 2.40. The lowest BCUT2D eigenvalue weighted by molar-refractivity contribution is -0.158. The molecule has 1 aromatic carbocycles. The van der Waals surface area contributed by atoms with Gasteiger partial charge in [0.2, 0.25) is 5.03 Å². The van der Waals surface area contributed by atoms with Gasteiger partial charge in [-0.15, -0.1) is 5.10 Å². The third-order valence-electron chi connectivity index (χ3n) is 6.75. The van der Waals surface area contributed by atoms with Gasteiger partial charge in [-0.2, -0.15) is 4.31 Å². The molecule has 11 nitrogen and oxygen atoms in total. The fourth-order valence-electron chi connectivity index (χ4n) is 4.36. The normalized spacial score (nSPS) is 18.3. The average molecular weight is 544 g/mol. The highest BCUT2D eigenvalue weighted by molar-refractivity contribution is 7.89. The number of carboxylic acid groups (broad SMARTS) is 1. The van der Waals surface area contributed by atoms with Crippen molar-refractivity contribution in [1.82, 2.24) is 24.3 Å². The maximum Gasteiger partial charge on any atom is 0.312 e. The highest BCUT2D eigenvalue weighted by Crippen LogP contribution is 2.39. The van der Waals surface area contributed by atoms with Crippen molar-refractivity contribution in [2.24, 2.45) is 12.5 Å². The van der Waals surface area contributed by atoms with Crippen molar-refractivity contribution < 1.29 is 27.8 Å². The molecular formula is C26H33N5O6S. The van der Waals surface area contributed by atoms with Gasteiger partial charge in [-0.3, -0.25) is 9.48 Å². The Morgan fingerprint density at radius 3 is 2.74 bits per heavy atom. The van der Waals surface area contributed by atoms with Crippen molar-refractivity contribution in [3.8, 4) is 5.75 Å². The molecule has 2 atom stereocenters. The Balaban J connectivity index is 1.69. The van der Waals surface area contributed by atoms with Gasteiger partial charge < -0.3 is 14.6 Å². The van der Waals surface area contributed by atoms with Gasteiger partial charge in [0, 0.05) is 19.8 Å². The zero-order valence-corrected chi connectivity index (χ0v) is 23.0. The molecule has 0 spiro atoms. The van der Waals surface area contributed by atoms with E-state index in [0.717, 1.165) is 11.1 Å². The van der Waals surface area contributed by atoms with Gasteiger partial charge in [0.1, 0.15) is 11.8 Å². The molecule has 0 saturated heterocycles. The van der Waals surface area contributed by atoms with E-state index >= 15 is 0 Å². The first-order valence-corrected chi connectivity index (χ1v) is 13.8. The van der Waals surface area contributed by atoms with Crippen LogP contribution in [0, 0.1) is 12.3 Å². The van der Waals surface area contributed by atoms with Gasteiger partial charge in [-0.25, -0.2) is 13.4 Å². The maximum absolute atomic E-state index is 13.6. The second-order valence-corrected chi connectivity index (χ2v) is 11.9. The molecule has 1 aliphatic heterocycles. The summed E-state index contributed by atoms with van der Waals surface area (Å²) in [6.07, 6.45) is 2.57. The molecular weight excluding hydrogens is 510 g/mol. The predicted octanol–water partition coefficient (Wildman–Crippen LogP) is 3.25. The Bertz CT molecular complexity index is 1420. The van der Waals surface area contributed by atoms with E-state index in [9.17, 15) is 18.3 Å². The molecule has 1 aliphatic rings. The van der Waals surface area contributed by atoms with Crippen LogP contribution in [-0.4, -0.2) is 56.4 Å². The van der Waals surface area contributed by atoms with Crippen molar-refractivity contribution in [1.29, 1.82) is 0 Å². The summed E-state index contributed by atoms with van der Waals surface area (Å²) >= 11 is 0. The molecule has 0 fully saturated rings. The van der Waals surface area contributed by atoms with Gasteiger partial charge in [-0.1, -0.05) is 30.3 Å². The van der Waals surface area contributed by atoms with Gasteiger partial charge >= 0.3 is 5.97 Å². The molecule has 3 aromatic rings. The van der Waals surface area contributed by atoms with Crippen molar-refractivity contribution >= 4 is 16.0 Å². The molecule has 0 bridgehead atoms. The number of nitrogens with zero attached hydrogens (tertiary/aromatic N) is 5. The monoisotopic (exact) mass is 543 g/mol. The van der Waals surface area contributed by atoms with Crippen LogP contribution in [0.5, 0.6) is 5.75 Å². The summed E-state index contributed by atoms with van der Waals surface area (Å²) < 4.78 is 42.2. The van der Waals surface area contributed by atoms with E-state index < -0.39 is 27.5 Å². The smallest absolute Gasteiger partial charge is 0.312 e. The largest absolute Gasteiger partial charge is 0.486 e. The summed E-state index contributed by atoms with van der Waals surface area (Å²) in [4.78, 5) is 16.3. The lowest BCUT2D eigenvalue weighted by Crippen LogP contribution is -2.37. The number of carboxylic acids is 1. The number of pyridine rings is 1. The molecule has 4 rings (SSSR count). The van der Waals surface area contributed by atoms with Crippen LogP contribution in [0.2, 0.25) is 0 Å². The first kappa shape index (κ1) is 27.7. The number of fused-ring (bicyclic) bond motifs is 1. The first-order chi connectivity index (χ1) is 17.9. The Morgan fingerprint density at radius 1 is 1.32 bits per heavy atom. The second kappa shape index (κ2) is 10.8.